The lowest BCUT2D eigenvalue weighted by molar-refractivity contribution is -0.302. The lowest BCUT2D eigenvalue weighted by Gasteiger charge is -2.47. The van der Waals surface area contributed by atoms with Gasteiger partial charge in [-0.05, 0) is 108 Å². The highest BCUT2D eigenvalue weighted by atomic mass is 19.1. The van der Waals surface area contributed by atoms with Crippen LogP contribution in [-0.4, -0.2) is 133 Å². The van der Waals surface area contributed by atoms with Crippen molar-refractivity contribution in [3.8, 4) is 0 Å². The molecule has 0 spiro atoms. The zero-order valence-electron chi connectivity index (χ0n) is 40.7. The molecule has 1 aromatic rings. The molecule has 1 saturated carbocycles. The van der Waals surface area contributed by atoms with Crippen molar-refractivity contribution < 1.29 is 71.4 Å². The smallest absolute Gasteiger partial charge is 0.329 e. The zero-order chi connectivity index (χ0) is 49.3. The minimum Gasteiger partial charge on any atom is -0.456 e. The van der Waals surface area contributed by atoms with Gasteiger partial charge in [0, 0.05) is 63.7 Å². The van der Waals surface area contributed by atoms with E-state index in [2.05, 4.69) is 0 Å². The molecule has 16 heteroatoms. The number of ether oxygens (including phenoxy) is 6. The number of Topliss-reactive ketones (excluding diaryl/α,β-unsaturated/α-hetero) is 3. The van der Waals surface area contributed by atoms with E-state index in [0.29, 0.717) is 63.0 Å². The van der Waals surface area contributed by atoms with Gasteiger partial charge in [0.25, 0.3) is 11.7 Å². The summed E-state index contributed by atoms with van der Waals surface area (Å²) in [5.41, 5.74) is 1.40. The third-order valence-electron chi connectivity index (χ3n) is 14.5. The summed E-state index contributed by atoms with van der Waals surface area (Å²) in [6.07, 6.45) is 2.63. The maximum atomic E-state index is 14.5. The van der Waals surface area contributed by atoms with Gasteiger partial charge in [0.2, 0.25) is 5.79 Å². The second-order valence-corrected chi connectivity index (χ2v) is 19.5. The van der Waals surface area contributed by atoms with Crippen LogP contribution in [0.25, 0.3) is 0 Å². The zero-order valence-corrected chi connectivity index (χ0v) is 40.7. The van der Waals surface area contributed by atoms with E-state index in [-0.39, 0.29) is 49.0 Å². The van der Waals surface area contributed by atoms with E-state index in [1.54, 1.807) is 20.8 Å². The van der Waals surface area contributed by atoms with Crippen LogP contribution in [0.3, 0.4) is 0 Å². The number of carbonyl (C=O) groups excluding carboxylic acids is 5. The number of hydrogen-bond donors (Lipinski definition) is 2. The van der Waals surface area contributed by atoms with Gasteiger partial charge in [0.05, 0.1) is 30.5 Å². The molecule has 3 aliphatic heterocycles. The van der Waals surface area contributed by atoms with Crippen LogP contribution in [-0.2, 0) is 47.6 Å². The molecule has 3 heterocycles. The van der Waals surface area contributed by atoms with E-state index in [9.17, 15) is 43.0 Å². The molecule has 4 aliphatic rings. The minimum absolute atomic E-state index is 0.00273. The third kappa shape index (κ3) is 13.3. The summed E-state index contributed by atoms with van der Waals surface area (Å²) in [5.74, 6) is -10.4. The summed E-state index contributed by atoms with van der Waals surface area (Å²) < 4.78 is 63.6. The molecule has 374 valence electrons. The van der Waals surface area contributed by atoms with Gasteiger partial charge in [-0.25, -0.2) is 13.6 Å². The number of cyclic esters (lactones) is 1. The number of esters is 1. The molecular formula is C51H73F2NO13. The summed E-state index contributed by atoms with van der Waals surface area (Å²) in [6.45, 7) is 10.6. The summed E-state index contributed by atoms with van der Waals surface area (Å²) >= 11 is 0. The molecule has 14 nitrogen and oxygen atoms in total. The Kier molecular flexibility index (Phi) is 19.6. The molecule has 67 heavy (non-hydrogen) atoms. The highest BCUT2D eigenvalue weighted by Gasteiger charge is 2.56. The van der Waals surface area contributed by atoms with Crippen LogP contribution in [0.1, 0.15) is 123 Å². The van der Waals surface area contributed by atoms with Crippen molar-refractivity contribution in [2.45, 2.75) is 167 Å². The maximum Gasteiger partial charge on any atom is 0.329 e. The predicted molar refractivity (Wildman–Crippen MR) is 242 cm³/mol. The monoisotopic (exact) mass is 946 g/mol. The molecule has 3 fully saturated rings. The number of allylic oxidation sites excluding steroid dienone is 3. The Morgan fingerprint density at radius 1 is 0.896 bits per heavy atom. The fraction of sp³-hybridized carbons (Fsp3) is 0.706. The van der Waals surface area contributed by atoms with Crippen molar-refractivity contribution in [3.63, 3.8) is 0 Å². The average Bonchev–Trinajstić information content (AvgIpc) is 3.30. The molecule has 5 rings (SSSR count). The van der Waals surface area contributed by atoms with E-state index in [1.807, 2.05) is 32.9 Å². The first kappa shape index (κ1) is 54.2. The topological polar surface area (TPSA) is 184 Å². The van der Waals surface area contributed by atoms with Gasteiger partial charge in [0.15, 0.2) is 5.78 Å². The van der Waals surface area contributed by atoms with Gasteiger partial charge in [-0.3, -0.25) is 19.2 Å². The number of aliphatic hydroxyl groups excluding tert-OH is 1. The number of piperidine rings is 1. The van der Waals surface area contributed by atoms with Crippen LogP contribution in [0.2, 0.25) is 0 Å². The molecule has 0 aromatic heterocycles. The Balaban J connectivity index is 1.45. The van der Waals surface area contributed by atoms with Gasteiger partial charge in [-0.2, -0.15) is 0 Å². The van der Waals surface area contributed by atoms with Gasteiger partial charge in [-0.15, -0.1) is 0 Å². The maximum absolute atomic E-state index is 14.5. The van der Waals surface area contributed by atoms with Gasteiger partial charge in [-0.1, -0.05) is 45.4 Å². The van der Waals surface area contributed by atoms with Crippen molar-refractivity contribution >= 4 is 29.2 Å². The molecule has 2 N–H and O–H groups in total. The molecule has 14 unspecified atom stereocenters. The second-order valence-electron chi connectivity index (χ2n) is 19.5. The quantitative estimate of drug-likeness (QED) is 0.110. The Bertz CT molecular complexity index is 1950. The highest BCUT2D eigenvalue weighted by molar-refractivity contribution is 6.39. The molecule has 0 radical (unpaired) electrons. The van der Waals surface area contributed by atoms with Crippen LogP contribution in [0, 0.1) is 41.2 Å². The number of aliphatic hydroxyl groups is 2. The van der Waals surface area contributed by atoms with Crippen molar-refractivity contribution in [2.24, 2.45) is 29.6 Å². The Labute approximate surface area is 394 Å². The van der Waals surface area contributed by atoms with Gasteiger partial charge < -0.3 is 43.5 Å². The standard InChI is InChI=1S/C51H73F2NO13/c1-10-34-18-28(2)17-29(3)19-44(63-8)47-45(64-9)21-31(5)51(61,67-47)48(58)49(59)54-16-12-11-13-38(54)50(60)66-46(32(6)39(55)26-40(34)56)30(4)20-33-14-15-42(43(22-33)62-7)65-27-41(57)35-23-36(52)25-37(53)24-35/h18,20,23-25,29,31-34,38-39,42-47,55,61H,10-17,19,21-22,26-27H2,1-9H3. The number of fused-ring (bicyclic) bond motifs is 3. The van der Waals surface area contributed by atoms with E-state index < -0.39 is 114 Å². The SMILES string of the molecule is CCC1C=C(C)CC(C)CC(OC)C2OC(O)(C(=O)C(=O)N3CCCCC3C(=O)OC(C(C)=CC3CCC(OCC(=O)c4cc(F)cc(F)c4)C(OC)C3)C(C)C(O)CC1=O)C(C)CC2OC. The number of amides is 1. The third-order valence-corrected chi connectivity index (χ3v) is 14.5. The second kappa shape index (κ2) is 24.2. The first-order valence-electron chi connectivity index (χ1n) is 24.0. The summed E-state index contributed by atoms with van der Waals surface area (Å²) in [5, 5.41) is 23.9. The molecule has 14 atom stereocenters. The number of halogens is 2. The van der Waals surface area contributed by atoms with Crippen molar-refractivity contribution in [1.29, 1.82) is 0 Å². The van der Waals surface area contributed by atoms with E-state index in [0.717, 1.165) is 22.6 Å². The van der Waals surface area contributed by atoms with E-state index >= 15 is 0 Å². The van der Waals surface area contributed by atoms with Crippen LogP contribution in [0.4, 0.5) is 8.78 Å². The number of rotatable bonds is 10. The van der Waals surface area contributed by atoms with Crippen molar-refractivity contribution in [2.75, 3.05) is 34.5 Å². The summed E-state index contributed by atoms with van der Waals surface area (Å²) in [7, 11) is 4.55. The Morgan fingerprint density at radius 3 is 2.19 bits per heavy atom. The first-order chi connectivity index (χ1) is 31.7. The normalized spacial score (nSPS) is 35.8. The lowest BCUT2D eigenvalue weighted by Crippen LogP contribution is -2.64. The van der Waals surface area contributed by atoms with Crippen molar-refractivity contribution in [1.82, 2.24) is 4.90 Å². The Morgan fingerprint density at radius 2 is 1.55 bits per heavy atom. The van der Waals surface area contributed by atoms with E-state index in [4.69, 9.17) is 28.4 Å². The van der Waals surface area contributed by atoms with E-state index in [1.165, 1.54) is 21.3 Å². The fourth-order valence-corrected chi connectivity index (χ4v) is 10.5. The van der Waals surface area contributed by atoms with Crippen LogP contribution in [0.5, 0.6) is 0 Å². The van der Waals surface area contributed by atoms with Crippen LogP contribution < -0.4 is 0 Å². The predicted octanol–water partition coefficient (Wildman–Crippen LogP) is 6.66. The summed E-state index contributed by atoms with van der Waals surface area (Å²) in [4.78, 5) is 71.1. The van der Waals surface area contributed by atoms with Crippen molar-refractivity contribution in [3.05, 3.63) is 58.7 Å². The number of carbonyl (C=O) groups is 5. The molecule has 2 bridgehead atoms. The number of hydrogen-bond acceptors (Lipinski definition) is 13. The lowest BCUT2D eigenvalue weighted by atomic mass is 9.81. The number of nitrogens with zero attached hydrogens (tertiary/aromatic N) is 1. The van der Waals surface area contributed by atoms with Gasteiger partial charge in [0.1, 0.15) is 42.3 Å². The highest BCUT2D eigenvalue weighted by Crippen LogP contribution is 2.39. The molecule has 1 aromatic carbocycles. The largest absolute Gasteiger partial charge is 0.456 e. The number of ketones is 3. The summed E-state index contributed by atoms with van der Waals surface area (Å²) in [6, 6.07) is 1.39. The number of methoxy groups -OCH3 is 3. The fourth-order valence-electron chi connectivity index (χ4n) is 10.5. The Hall–Kier alpha value is -3.77. The molecule has 2 saturated heterocycles. The molecular weight excluding hydrogens is 873 g/mol. The first-order valence-corrected chi connectivity index (χ1v) is 24.0. The average molecular weight is 946 g/mol. The molecule has 1 amide bonds. The minimum atomic E-state index is -2.55. The van der Waals surface area contributed by atoms with Gasteiger partial charge >= 0.3 is 5.97 Å². The van der Waals surface area contributed by atoms with Crippen LogP contribution in [0.15, 0.2) is 41.5 Å². The van der Waals surface area contributed by atoms with Crippen LogP contribution >= 0.6 is 0 Å². The molecule has 1 aliphatic carbocycles. The number of benzene rings is 1.